The van der Waals surface area contributed by atoms with Crippen LogP contribution in [0.15, 0.2) is 4.52 Å². The molecule has 0 aliphatic rings. The first kappa shape index (κ1) is 9.92. The van der Waals surface area contributed by atoms with E-state index in [4.69, 9.17) is 10.3 Å². The molecule has 0 aliphatic carbocycles. The van der Waals surface area contributed by atoms with Gasteiger partial charge in [0.05, 0.1) is 11.7 Å². The Kier molecular flexibility index (Phi) is 2.83. The molecule has 13 heavy (non-hydrogen) atoms. The van der Waals surface area contributed by atoms with E-state index in [1.54, 1.807) is 13.8 Å². The van der Waals surface area contributed by atoms with Gasteiger partial charge in [-0.25, -0.2) is 0 Å². The van der Waals surface area contributed by atoms with Gasteiger partial charge in [-0.15, -0.1) is 0 Å². The summed E-state index contributed by atoms with van der Waals surface area (Å²) in [5.74, 6) is 0.709. The molecular weight excluding hydrogens is 168 g/mol. The Morgan fingerprint density at radius 3 is 2.62 bits per heavy atom. The van der Waals surface area contributed by atoms with Crippen molar-refractivity contribution in [3.8, 4) is 0 Å². The van der Waals surface area contributed by atoms with Crippen molar-refractivity contribution in [2.24, 2.45) is 5.73 Å². The van der Waals surface area contributed by atoms with E-state index >= 15 is 0 Å². The van der Waals surface area contributed by atoms with Crippen LogP contribution >= 0.6 is 0 Å². The third-order valence-electron chi connectivity index (χ3n) is 2.04. The third-order valence-corrected chi connectivity index (χ3v) is 2.04. The summed E-state index contributed by atoms with van der Waals surface area (Å²) in [6, 6.07) is -0.423. The Bertz CT molecular complexity index is 296. The summed E-state index contributed by atoms with van der Waals surface area (Å²) in [6.07, 6.45) is 0.318. The van der Waals surface area contributed by atoms with Crippen molar-refractivity contribution in [3.63, 3.8) is 0 Å². The van der Waals surface area contributed by atoms with Gasteiger partial charge in [0.2, 0.25) is 0 Å². The summed E-state index contributed by atoms with van der Waals surface area (Å²) < 4.78 is 4.93. The maximum atomic E-state index is 11.3. The zero-order valence-electron chi connectivity index (χ0n) is 8.13. The summed E-state index contributed by atoms with van der Waals surface area (Å²) in [4.78, 5) is 11.3. The Morgan fingerprint density at radius 1 is 1.62 bits per heavy atom. The number of carbonyl (C=O) groups is 1. The van der Waals surface area contributed by atoms with Crippen molar-refractivity contribution < 1.29 is 9.32 Å². The molecule has 0 fully saturated rings. The average Bonchev–Trinajstić information content (AvgIpc) is 2.35. The van der Waals surface area contributed by atoms with Gasteiger partial charge in [-0.1, -0.05) is 5.16 Å². The highest BCUT2D eigenvalue weighted by Gasteiger charge is 2.15. The van der Waals surface area contributed by atoms with Crippen LogP contribution < -0.4 is 5.73 Å². The fraction of sp³-hybridized carbons (Fsp3) is 0.556. The molecule has 0 amide bonds. The van der Waals surface area contributed by atoms with Crippen LogP contribution in [-0.4, -0.2) is 17.0 Å². The quantitative estimate of drug-likeness (QED) is 0.748. The van der Waals surface area contributed by atoms with E-state index in [0.717, 1.165) is 11.3 Å². The van der Waals surface area contributed by atoms with Crippen LogP contribution in [0.4, 0.5) is 0 Å². The van der Waals surface area contributed by atoms with Crippen molar-refractivity contribution in [2.45, 2.75) is 33.2 Å². The van der Waals surface area contributed by atoms with E-state index in [9.17, 15) is 4.79 Å². The SMILES string of the molecule is Cc1noc(C)c1CC(=O)C(C)N. The summed E-state index contributed by atoms with van der Waals surface area (Å²) in [5, 5.41) is 3.76. The fourth-order valence-electron chi connectivity index (χ4n) is 1.09. The Morgan fingerprint density at radius 2 is 2.23 bits per heavy atom. The number of rotatable bonds is 3. The molecule has 1 heterocycles. The first-order chi connectivity index (χ1) is 6.02. The van der Waals surface area contributed by atoms with Gasteiger partial charge in [0.15, 0.2) is 5.78 Å². The normalized spacial score (nSPS) is 12.9. The molecule has 1 unspecified atom stereocenters. The molecule has 0 bridgehead atoms. The smallest absolute Gasteiger partial charge is 0.153 e. The summed E-state index contributed by atoms with van der Waals surface area (Å²) in [7, 11) is 0. The van der Waals surface area contributed by atoms with Gasteiger partial charge in [-0.05, 0) is 20.8 Å². The highest BCUT2D eigenvalue weighted by atomic mass is 16.5. The van der Waals surface area contributed by atoms with Gasteiger partial charge in [-0.2, -0.15) is 0 Å². The molecule has 0 saturated heterocycles. The molecule has 0 saturated carbocycles. The van der Waals surface area contributed by atoms with E-state index < -0.39 is 6.04 Å². The topological polar surface area (TPSA) is 69.1 Å². The fourth-order valence-corrected chi connectivity index (χ4v) is 1.09. The molecule has 2 N–H and O–H groups in total. The highest BCUT2D eigenvalue weighted by Crippen LogP contribution is 2.13. The molecule has 0 aromatic carbocycles. The van der Waals surface area contributed by atoms with E-state index in [-0.39, 0.29) is 5.78 Å². The van der Waals surface area contributed by atoms with Gasteiger partial charge in [0.25, 0.3) is 0 Å². The Hall–Kier alpha value is -1.16. The van der Waals surface area contributed by atoms with Crippen LogP contribution in [0, 0.1) is 13.8 Å². The van der Waals surface area contributed by atoms with E-state index in [1.807, 2.05) is 6.92 Å². The van der Waals surface area contributed by atoms with E-state index in [0.29, 0.717) is 12.2 Å². The van der Waals surface area contributed by atoms with Crippen molar-refractivity contribution in [1.82, 2.24) is 5.16 Å². The largest absolute Gasteiger partial charge is 0.361 e. The van der Waals surface area contributed by atoms with Crippen LogP contribution in [-0.2, 0) is 11.2 Å². The van der Waals surface area contributed by atoms with Crippen LogP contribution in [0.3, 0.4) is 0 Å². The second-order valence-corrected chi connectivity index (χ2v) is 3.23. The van der Waals surface area contributed by atoms with E-state index in [2.05, 4.69) is 5.16 Å². The molecule has 1 atom stereocenters. The highest BCUT2D eigenvalue weighted by molar-refractivity contribution is 5.85. The number of carbonyl (C=O) groups excluding carboxylic acids is 1. The predicted octanol–water partition coefficient (Wildman–Crippen LogP) is 0.750. The number of ketones is 1. The summed E-state index contributed by atoms with van der Waals surface area (Å²) in [6.45, 7) is 5.30. The maximum absolute atomic E-state index is 11.3. The third kappa shape index (κ3) is 2.15. The molecular formula is C9H14N2O2. The van der Waals surface area contributed by atoms with Gasteiger partial charge < -0.3 is 10.3 Å². The number of nitrogens with zero attached hydrogens (tertiary/aromatic N) is 1. The predicted molar refractivity (Wildman–Crippen MR) is 48.3 cm³/mol. The van der Waals surface area contributed by atoms with Crippen LogP contribution in [0.1, 0.15) is 23.9 Å². The second-order valence-electron chi connectivity index (χ2n) is 3.23. The molecule has 4 heteroatoms. The van der Waals surface area contributed by atoms with E-state index in [1.165, 1.54) is 0 Å². The molecule has 1 aromatic heterocycles. The molecule has 0 radical (unpaired) electrons. The lowest BCUT2D eigenvalue weighted by atomic mass is 10.0. The number of hydrogen-bond donors (Lipinski definition) is 1. The maximum Gasteiger partial charge on any atom is 0.153 e. The zero-order valence-corrected chi connectivity index (χ0v) is 8.13. The van der Waals surface area contributed by atoms with Crippen LogP contribution in [0.5, 0.6) is 0 Å². The van der Waals surface area contributed by atoms with Gasteiger partial charge >= 0.3 is 0 Å². The van der Waals surface area contributed by atoms with Crippen molar-refractivity contribution >= 4 is 5.78 Å². The lowest BCUT2D eigenvalue weighted by Gasteiger charge is -2.02. The minimum Gasteiger partial charge on any atom is -0.361 e. The first-order valence-corrected chi connectivity index (χ1v) is 4.22. The lowest BCUT2D eigenvalue weighted by molar-refractivity contribution is -0.119. The lowest BCUT2D eigenvalue weighted by Crippen LogP contribution is -2.28. The molecule has 72 valence electrons. The van der Waals surface area contributed by atoms with Crippen molar-refractivity contribution in [1.29, 1.82) is 0 Å². The van der Waals surface area contributed by atoms with Gasteiger partial charge in [0, 0.05) is 12.0 Å². The summed E-state index contributed by atoms with van der Waals surface area (Å²) in [5.41, 5.74) is 7.09. The Balaban J connectivity index is 2.79. The summed E-state index contributed by atoms with van der Waals surface area (Å²) >= 11 is 0. The standard InChI is InChI=1S/C9H14N2O2/c1-5(10)9(12)4-8-6(2)11-13-7(8)3/h5H,4,10H2,1-3H3. The van der Waals surface area contributed by atoms with Crippen molar-refractivity contribution in [2.75, 3.05) is 0 Å². The minimum atomic E-state index is -0.423. The first-order valence-electron chi connectivity index (χ1n) is 4.22. The van der Waals surface area contributed by atoms with Crippen molar-refractivity contribution in [3.05, 3.63) is 17.0 Å². The Labute approximate surface area is 77.1 Å². The van der Waals surface area contributed by atoms with Crippen LogP contribution in [0.25, 0.3) is 0 Å². The molecule has 0 spiro atoms. The number of hydrogen-bond acceptors (Lipinski definition) is 4. The monoisotopic (exact) mass is 182 g/mol. The average molecular weight is 182 g/mol. The minimum absolute atomic E-state index is 0.00870. The molecule has 1 rings (SSSR count). The number of nitrogens with two attached hydrogens (primary N) is 1. The molecule has 4 nitrogen and oxygen atoms in total. The van der Waals surface area contributed by atoms with Gasteiger partial charge in [-0.3, -0.25) is 4.79 Å². The molecule has 1 aromatic rings. The second kappa shape index (κ2) is 3.70. The number of aryl methyl sites for hydroxylation is 2. The number of Topliss-reactive ketones (excluding diaryl/α,β-unsaturated/α-hetero) is 1. The zero-order chi connectivity index (χ0) is 10.0. The molecule has 0 aliphatic heterocycles. The van der Waals surface area contributed by atoms with Gasteiger partial charge in [0.1, 0.15) is 5.76 Å². The van der Waals surface area contributed by atoms with Crippen LogP contribution in [0.2, 0.25) is 0 Å². The number of aromatic nitrogens is 1.